The maximum absolute atomic E-state index is 6.04. The van der Waals surface area contributed by atoms with Crippen LogP contribution in [0.25, 0.3) is 0 Å². The molecule has 2 nitrogen and oxygen atoms in total. The van der Waals surface area contributed by atoms with Crippen LogP contribution in [0.1, 0.15) is 24.8 Å². The second kappa shape index (κ2) is 4.38. The Labute approximate surface area is 104 Å². The molecule has 2 heterocycles. The van der Waals surface area contributed by atoms with Crippen LogP contribution < -0.4 is 4.74 Å². The first-order valence-corrected chi connectivity index (χ1v) is 6.69. The molecule has 86 valence electrons. The molecule has 0 bridgehead atoms. The van der Waals surface area contributed by atoms with Crippen LogP contribution in [-0.4, -0.2) is 18.8 Å². The zero-order valence-corrected chi connectivity index (χ0v) is 10.7. The fraction of sp³-hybridized carbons (Fsp3) is 0.538. The van der Waals surface area contributed by atoms with Gasteiger partial charge < -0.3 is 9.47 Å². The molecular weight excluding hydrogens is 268 g/mol. The third-order valence-corrected chi connectivity index (χ3v) is 3.88. The predicted octanol–water partition coefficient (Wildman–Crippen LogP) is 3.32. The Hall–Kier alpha value is -0.540. The number of rotatable bonds is 1. The lowest BCUT2D eigenvalue weighted by molar-refractivity contribution is 0.00278. The van der Waals surface area contributed by atoms with Crippen LogP contribution in [-0.2, 0) is 11.2 Å². The van der Waals surface area contributed by atoms with Crippen molar-refractivity contribution in [2.24, 2.45) is 0 Å². The SMILES string of the molecule is Brc1ccc2c(c1)O[C@@H]([C@@H]1CCCO1)CC2. The largest absolute Gasteiger partial charge is 0.487 e. The zero-order chi connectivity index (χ0) is 11.0. The van der Waals surface area contributed by atoms with E-state index in [0.717, 1.165) is 36.1 Å². The van der Waals surface area contributed by atoms with E-state index < -0.39 is 0 Å². The summed E-state index contributed by atoms with van der Waals surface area (Å²) in [5.74, 6) is 1.03. The molecule has 0 aromatic heterocycles. The summed E-state index contributed by atoms with van der Waals surface area (Å²) < 4.78 is 12.8. The minimum atomic E-state index is 0.254. The molecule has 1 fully saturated rings. The number of halogens is 1. The summed E-state index contributed by atoms with van der Waals surface area (Å²) in [4.78, 5) is 0. The normalized spacial score (nSPS) is 28.6. The molecule has 2 aliphatic rings. The Morgan fingerprint density at radius 3 is 2.94 bits per heavy atom. The number of hydrogen-bond acceptors (Lipinski definition) is 2. The monoisotopic (exact) mass is 282 g/mol. The molecule has 1 aromatic carbocycles. The van der Waals surface area contributed by atoms with Crippen LogP contribution in [0, 0.1) is 0 Å². The fourth-order valence-corrected chi connectivity index (χ4v) is 2.86. The summed E-state index contributed by atoms with van der Waals surface area (Å²) in [5, 5.41) is 0. The number of ether oxygens (including phenoxy) is 2. The second-order valence-corrected chi connectivity index (χ2v) is 5.41. The van der Waals surface area contributed by atoms with Crippen LogP contribution in [0.2, 0.25) is 0 Å². The first-order valence-electron chi connectivity index (χ1n) is 5.89. The third-order valence-electron chi connectivity index (χ3n) is 3.39. The highest BCUT2D eigenvalue weighted by molar-refractivity contribution is 9.10. The van der Waals surface area contributed by atoms with Crippen molar-refractivity contribution < 1.29 is 9.47 Å². The molecule has 1 saturated heterocycles. The molecule has 0 N–H and O–H groups in total. The van der Waals surface area contributed by atoms with Gasteiger partial charge in [0.15, 0.2) is 0 Å². The van der Waals surface area contributed by atoms with Crippen molar-refractivity contribution in [1.29, 1.82) is 0 Å². The Bertz CT molecular complexity index is 386. The van der Waals surface area contributed by atoms with Crippen LogP contribution in [0.4, 0.5) is 0 Å². The van der Waals surface area contributed by atoms with Gasteiger partial charge in [-0.15, -0.1) is 0 Å². The average Bonchev–Trinajstić information content (AvgIpc) is 2.81. The van der Waals surface area contributed by atoms with Gasteiger partial charge in [0, 0.05) is 11.1 Å². The van der Waals surface area contributed by atoms with Crippen molar-refractivity contribution in [1.82, 2.24) is 0 Å². The molecule has 2 atom stereocenters. The van der Waals surface area contributed by atoms with E-state index in [0.29, 0.717) is 6.10 Å². The lowest BCUT2D eigenvalue weighted by Crippen LogP contribution is -2.34. The van der Waals surface area contributed by atoms with Crippen molar-refractivity contribution in [3.05, 3.63) is 28.2 Å². The van der Waals surface area contributed by atoms with Crippen molar-refractivity contribution >= 4 is 15.9 Å². The molecule has 0 amide bonds. The standard InChI is InChI=1S/C13H15BrO2/c14-10-5-3-9-4-6-12(16-13(9)8-10)11-2-1-7-15-11/h3,5,8,11-12H,1-2,4,6-7H2/t11-,12+/m0/s1. The smallest absolute Gasteiger partial charge is 0.125 e. The van der Waals surface area contributed by atoms with Gasteiger partial charge in [-0.05, 0) is 43.4 Å². The summed E-state index contributed by atoms with van der Waals surface area (Å²) in [5.41, 5.74) is 1.32. The molecule has 0 spiro atoms. The quantitative estimate of drug-likeness (QED) is 0.787. The predicted molar refractivity (Wildman–Crippen MR) is 65.9 cm³/mol. The Morgan fingerprint density at radius 1 is 1.19 bits per heavy atom. The van der Waals surface area contributed by atoms with Crippen molar-refractivity contribution in [3.8, 4) is 5.75 Å². The van der Waals surface area contributed by atoms with E-state index in [4.69, 9.17) is 9.47 Å². The van der Waals surface area contributed by atoms with Gasteiger partial charge >= 0.3 is 0 Å². The summed E-state index contributed by atoms with van der Waals surface area (Å²) in [6.45, 7) is 0.899. The molecule has 1 aromatic rings. The first kappa shape index (κ1) is 10.6. The van der Waals surface area contributed by atoms with Crippen molar-refractivity contribution in [3.63, 3.8) is 0 Å². The van der Waals surface area contributed by atoms with Crippen molar-refractivity contribution in [2.75, 3.05) is 6.61 Å². The van der Waals surface area contributed by atoms with Crippen LogP contribution in [0.15, 0.2) is 22.7 Å². The van der Waals surface area contributed by atoms with E-state index in [1.54, 1.807) is 0 Å². The van der Waals surface area contributed by atoms with Gasteiger partial charge in [-0.1, -0.05) is 22.0 Å². The maximum Gasteiger partial charge on any atom is 0.125 e. The van der Waals surface area contributed by atoms with Gasteiger partial charge in [0.25, 0.3) is 0 Å². The summed E-state index contributed by atoms with van der Waals surface area (Å²) in [6, 6.07) is 6.29. The summed E-state index contributed by atoms with van der Waals surface area (Å²) >= 11 is 3.48. The highest BCUT2D eigenvalue weighted by Crippen LogP contribution is 2.33. The molecule has 0 aliphatic carbocycles. The topological polar surface area (TPSA) is 18.5 Å². The molecule has 2 aliphatic heterocycles. The Kier molecular flexibility index (Phi) is 2.90. The number of aryl methyl sites for hydroxylation is 1. The van der Waals surface area contributed by atoms with Crippen LogP contribution >= 0.6 is 15.9 Å². The van der Waals surface area contributed by atoms with Crippen molar-refractivity contribution in [2.45, 2.75) is 37.9 Å². The molecule has 0 radical (unpaired) electrons. The molecular formula is C13H15BrO2. The summed E-state index contributed by atoms with van der Waals surface area (Å²) in [6.07, 6.45) is 5.08. The van der Waals surface area contributed by atoms with Gasteiger partial charge in [0.2, 0.25) is 0 Å². The Balaban J connectivity index is 1.79. The van der Waals surface area contributed by atoms with Crippen LogP contribution in [0.5, 0.6) is 5.75 Å². The second-order valence-electron chi connectivity index (χ2n) is 4.50. The lowest BCUT2D eigenvalue weighted by Gasteiger charge is -2.29. The van der Waals surface area contributed by atoms with E-state index in [-0.39, 0.29) is 6.10 Å². The van der Waals surface area contributed by atoms with E-state index in [1.165, 1.54) is 12.0 Å². The summed E-state index contributed by atoms with van der Waals surface area (Å²) in [7, 11) is 0. The van der Waals surface area contributed by atoms with E-state index in [1.807, 2.05) is 0 Å². The Morgan fingerprint density at radius 2 is 2.12 bits per heavy atom. The average molecular weight is 283 g/mol. The van der Waals surface area contributed by atoms with E-state index in [9.17, 15) is 0 Å². The number of fused-ring (bicyclic) bond motifs is 1. The highest BCUT2D eigenvalue weighted by atomic mass is 79.9. The minimum Gasteiger partial charge on any atom is -0.487 e. The lowest BCUT2D eigenvalue weighted by atomic mass is 9.98. The number of benzene rings is 1. The van der Waals surface area contributed by atoms with Gasteiger partial charge in [0.05, 0.1) is 6.10 Å². The van der Waals surface area contributed by atoms with Crippen LogP contribution in [0.3, 0.4) is 0 Å². The highest BCUT2D eigenvalue weighted by Gasteiger charge is 2.30. The van der Waals surface area contributed by atoms with E-state index in [2.05, 4.69) is 34.1 Å². The van der Waals surface area contributed by atoms with Gasteiger partial charge in [-0.3, -0.25) is 0 Å². The fourth-order valence-electron chi connectivity index (χ4n) is 2.52. The van der Waals surface area contributed by atoms with Gasteiger partial charge in [-0.25, -0.2) is 0 Å². The zero-order valence-electron chi connectivity index (χ0n) is 9.12. The first-order chi connectivity index (χ1) is 7.83. The van der Waals surface area contributed by atoms with Gasteiger partial charge in [0.1, 0.15) is 11.9 Å². The molecule has 3 rings (SSSR count). The minimum absolute atomic E-state index is 0.254. The molecule has 16 heavy (non-hydrogen) atoms. The maximum atomic E-state index is 6.04. The van der Waals surface area contributed by atoms with Gasteiger partial charge in [-0.2, -0.15) is 0 Å². The molecule has 0 unspecified atom stereocenters. The molecule has 0 saturated carbocycles. The van der Waals surface area contributed by atoms with E-state index >= 15 is 0 Å². The molecule has 3 heteroatoms. The number of hydrogen-bond donors (Lipinski definition) is 0. The third kappa shape index (κ3) is 1.98.